The molecule has 0 N–H and O–H groups in total. The molecule has 70 valence electrons. The first-order valence-electron chi connectivity index (χ1n) is 3.65. The summed E-state index contributed by atoms with van der Waals surface area (Å²) >= 11 is 5.74. The highest BCUT2D eigenvalue weighted by Crippen LogP contribution is 2.25. The molecule has 1 aromatic carbocycles. The van der Waals surface area contributed by atoms with Crippen molar-refractivity contribution in [1.82, 2.24) is 0 Å². The zero-order valence-electron chi connectivity index (χ0n) is 7.33. The first-order chi connectivity index (χ1) is 6.11. The largest absolute Gasteiger partial charge is 0.497 e. The molecule has 0 amide bonds. The highest BCUT2D eigenvalue weighted by Gasteiger charge is 2.02. The lowest BCUT2D eigenvalue weighted by Crippen LogP contribution is -2.01. The first kappa shape index (κ1) is 9.86. The lowest BCUT2D eigenvalue weighted by Gasteiger charge is -2.04. The summed E-state index contributed by atoms with van der Waals surface area (Å²) in [5, 5.41) is 0.468. The van der Waals surface area contributed by atoms with Crippen LogP contribution in [0.3, 0.4) is 0 Å². The van der Waals surface area contributed by atoms with Gasteiger partial charge in [-0.2, -0.15) is 0 Å². The molecule has 1 rings (SSSR count). The predicted molar refractivity (Wildman–Crippen MR) is 49.3 cm³/mol. The van der Waals surface area contributed by atoms with Gasteiger partial charge in [0.1, 0.15) is 11.5 Å². The van der Waals surface area contributed by atoms with E-state index in [-0.39, 0.29) is 5.97 Å². The van der Waals surface area contributed by atoms with E-state index in [1.807, 2.05) is 0 Å². The molecule has 0 heterocycles. The fourth-order valence-electron chi connectivity index (χ4n) is 0.880. The van der Waals surface area contributed by atoms with E-state index >= 15 is 0 Å². The minimum Gasteiger partial charge on any atom is -0.497 e. The molecule has 0 spiro atoms. The van der Waals surface area contributed by atoms with Crippen LogP contribution in [-0.4, -0.2) is 13.1 Å². The molecule has 1 aromatic rings. The van der Waals surface area contributed by atoms with Crippen molar-refractivity contribution in [3.8, 4) is 11.5 Å². The summed E-state index contributed by atoms with van der Waals surface area (Å²) in [6, 6.07) is 4.77. The van der Waals surface area contributed by atoms with E-state index in [2.05, 4.69) is 0 Å². The Labute approximate surface area is 81.2 Å². The molecule has 0 unspecified atom stereocenters. The summed E-state index contributed by atoms with van der Waals surface area (Å²) in [5.41, 5.74) is 0. The van der Waals surface area contributed by atoms with Gasteiger partial charge in [-0.1, -0.05) is 11.6 Å². The van der Waals surface area contributed by atoms with Crippen molar-refractivity contribution in [2.75, 3.05) is 7.11 Å². The van der Waals surface area contributed by atoms with E-state index in [1.165, 1.54) is 14.0 Å². The zero-order chi connectivity index (χ0) is 9.84. The molecular formula is C9H9ClO3. The number of halogens is 1. The number of methoxy groups -OCH3 is 1. The number of rotatable bonds is 2. The van der Waals surface area contributed by atoms with Gasteiger partial charge in [0.25, 0.3) is 0 Å². The normalized spacial score (nSPS) is 9.46. The predicted octanol–water partition coefficient (Wildman–Crippen LogP) is 2.27. The van der Waals surface area contributed by atoms with Crippen LogP contribution in [0.25, 0.3) is 0 Å². The fraction of sp³-hybridized carbons (Fsp3) is 0.222. The number of hydrogen-bond acceptors (Lipinski definition) is 3. The lowest BCUT2D eigenvalue weighted by atomic mass is 10.3. The van der Waals surface area contributed by atoms with Crippen molar-refractivity contribution in [3.63, 3.8) is 0 Å². The van der Waals surface area contributed by atoms with Crippen molar-refractivity contribution in [2.24, 2.45) is 0 Å². The van der Waals surface area contributed by atoms with Crippen LogP contribution < -0.4 is 9.47 Å². The molecule has 0 aromatic heterocycles. The van der Waals surface area contributed by atoms with E-state index < -0.39 is 0 Å². The van der Waals surface area contributed by atoms with Crippen molar-refractivity contribution in [3.05, 3.63) is 23.2 Å². The van der Waals surface area contributed by atoms with Crippen molar-refractivity contribution in [2.45, 2.75) is 6.92 Å². The summed E-state index contributed by atoms with van der Waals surface area (Å²) in [7, 11) is 1.52. The van der Waals surface area contributed by atoms with E-state index in [0.717, 1.165) is 0 Å². The Morgan fingerprint density at radius 1 is 1.31 bits per heavy atom. The van der Waals surface area contributed by atoms with Crippen LogP contribution in [0.4, 0.5) is 0 Å². The first-order valence-corrected chi connectivity index (χ1v) is 4.02. The van der Waals surface area contributed by atoms with Crippen LogP contribution in [0.15, 0.2) is 18.2 Å². The summed E-state index contributed by atoms with van der Waals surface area (Å²) in [6.45, 7) is 1.33. The second-order valence-electron chi connectivity index (χ2n) is 2.42. The number of carbonyl (C=O) groups is 1. The molecule has 0 saturated carbocycles. The highest BCUT2D eigenvalue weighted by atomic mass is 35.5. The monoisotopic (exact) mass is 200 g/mol. The smallest absolute Gasteiger partial charge is 0.308 e. The van der Waals surface area contributed by atoms with E-state index in [4.69, 9.17) is 21.1 Å². The molecule has 13 heavy (non-hydrogen) atoms. The Morgan fingerprint density at radius 3 is 2.46 bits per heavy atom. The van der Waals surface area contributed by atoms with Gasteiger partial charge in [0.05, 0.1) is 7.11 Å². The third-order valence-corrected chi connectivity index (χ3v) is 1.56. The molecule has 0 aliphatic carbocycles. The number of benzene rings is 1. The summed E-state index contributed by atoms with van der Waals surface area (Å²) in [5.74, 6) is 0.560. The SMILES string of the molecule is COc1cc(Cl)cc(OC(C)=O)c1. The molecular weight excluding hydrogens is 192 g/mol. The maximum atomic E-state index is 10.6. The fourth-order valence-corrected chi connectivity index (χ4v) is 1.09. The molecule has 0 fully saturated rings. The van der Waals surface area contributed by atoms with Crippen LogP contribution in [0.2, 0.25) is 5.02 Å². The Kier molecular flexibility index (Phi) is 3.14. The van der Waals surface area contributed by atoms with Gasteiger partial charge in [0, 0.05) is 18.0 Å². The van der Waals surface area contributed by atoms with E-state index in [1.54, 1.807) is 18.2 Å². The minimum atomic E-state index is -0.385. The molecule has 0 atom stereocenters. The maximum Gasteiger partial charge on any atom is 0.308 e. The Balaban J connectivity index is 2.94. The van der Waals surface area contributed by atoms with Gasteiger partial charge < -0.3 is 9.47 Å². The van der Waals surface area contributed by atoms with Crippen LogP contribution in [0, 0.1) is 0 Å². The average molecular weight is 201 g/mol. The lowest BCUT2D eigenvalue weighted by molar-refractivity contribution is -0.131. The second-order valence-corrected chi connectivity index (χ2v) is 2.86. The van der Waals surface area contributed by atoms with Crippen molar-refractivity contribution in [1.29, 1.82) is 0 Å². The van der Waals surface area contributed by atoms with E-state index in [9.17, 15) is 4.79 Å². The quantitative estimate of drug-likeness (QED) is 0.543. The average Bonchev–Trinajstić information content (AvgIpc) is 2.01. The van der Waals surface area contributed by atoms with Gasteiger partial charge in [-0.05, 0) is 12.1 Å². The molecule has 0 aliphatic heterocycles. The minimum absolute atomic E-state index is 0.385. The number of ether oxygens (including phenoxy) is 2. The molecule has 0 saturated heterocycles. The van der Waals surface area contributed by atoms with Gasteiger partial charge in [-0.15, -0.1) is 0 Å². The molecule has 0 bridgehead atoms. The van der Waals surface area contributed by atoms with Crippen molar-refractivity contribution < 1.29 is 14.3 Å². The topological polar surface area (TPSA) is 35.5 Å². The number of esters is 1. The van der Waals surface area contributed by atoms with E-state index in [0.29, 0.717) is 16.5 Å². The standard InChI is InChI=1S/C9H9ClO3/c1-6(11)13-9-4-7(10)3-8(5-9)12-2/h3-5H,1-2H3. The highest BCUT2D eigenvalue weighted by molar-refractivity contribution is 6.30. The number of hydrogen-bond donors (Lipinski definition) is 0. The van der Waals surface area contributed by atoms with Crippen molar-refractivity contribution >= 4 is 17.6 Å². The third-order valence-electron chi connectivity index (χ3n) is 1.34. The Morgan fingerprint density at radius 2 is 1.92 bits per heavy atom. The van der Waals surface area contributed by atoms with Crippen LogP contribution in [0.1, 0.15) is 6.92 Å². The Hall–Kier alpha value is -1.22. The molecule has 4 heteroatoms. The van der Waals surface area contributed by atoms with Crippen LogP contribution >= 0.6 is 11.6 Å². The van der Waals surface area contributed by atoms with Gasteiger partial charge in [0.15, 0.2) is 0 Å². The Bertz CT molecular complexity index is 323. The molecule has 0 aliphatic rings. The second kappa shape index (κ2) is 4.14. The van der Waals surface area contributed by atoms with Crippen LogP contribution in [0.5, 0.6) is 11.5 Å². The summed E-state index contributed by atoms with van der Waals surface area (Å²) in [6.07, 6.45) is 0. The van der Waals surface area contributed by atoms with Gasteiger partial charge >= 0.3 is 5.97 Å². The van der Waals surface area contributed by atoms with Gasteiger partial charge in [-0.3, -0.25) is 4.79 Å². The maximum absolute atomic E-state index is 10.6. The molecule has 0 radical (unpaired) electrons. The zero-order valence-corrected chi connectivity index (χ0v) is 8.09. The summed E-state index contributed by atoms with van der Waals surface area (Å²) in [4.78, 5) is 10.6. The third kappa shape index (κ3) is 2.95. The summed E-state index contributed by atoms with van der Waals surface area (Å²) < 4.78 is 9.78. The van der Waals surface area contributed by atoms with Gasteiger partial charge in [0.2, 0.25) is 0 Å². The number of carbonyl (C=O) groups excluding carboxylic acids is 1. The van der Waals surface area contributed by atoms with Crippen LogP contribution in [-0.2, 0) is 4.79 Å². The molecule has 3 nitrogen and oxygen atoms in total. The van der Waals surface area contributed by atoms with Gasteiger partial charge in [-0.25, -0.2) is 0 Å².